The van der Waals surface area contributed by atoms with Gasteiger partial charge < -0.3 is 25.0 Å². The summed E-state index contributed by atoms with van der Waals surface area (Å²) in [6.07, 6.45) is -0.689. The molecule has 0 aliphatic carbocycles. The Morgan fingerprint density at radius 1 is 1.08 bits per heavy atom. The molecule has 0 amide bonds. The van der Waals surface area contributed by atoms with Gasteiger partial charge in [0.2, 0.25) is 0 Å². The smallest absolute Gasteiger partial charge is 0.137 e. The van der Waals surface area contributed by atoms with Gasteiger partial charge in [0.1, 0.15) is 42.6 Å². The van der Waals surface area contributed by atoms with Crippen molar-refractivity contribution < 1.29 is 19.7 Å². The lowest BCUT2D eigenvalue weighted by molar-refractivity contribution is 0.105. The van der Waals surface area contributed by atoms with Crippen LogP contribution in [-0.4, -0.2) is 42.6 Å². The number of aliphatic hydroxyl groups excluding tert-OH is 1. The van der Waals surface area contributed by atoms with Crippen LogP contribution in [0.2, 0.25) is 0 Å². The number of phenols is 1. The highest BCUT2D eigenvalue weighted by molar-refractivity contribution is 5.42. The monoisotopic (exact) mass is 328 g/mol. The van der Waals surface area contributed by atoms with Gasteiger partial charge in [-0.3, -0.25) is 0 Å². The summed E-state index contributed by atoms with van der Waals surface area (Å²) in [5.41, 5.74) is 0.444. The quantitative estimate of drug-likeness (QED) is 0.606. The molecule has 24 heavy (non-hydrogen) atoms. The van der Waals surface area contributed by atoms with Crippen molar-refractivity contribution in [3.05, 3.63) is 54.1 Å². The third kappa shape index (κ3) is 5.80. The molecule has 0 heterocycles. The second-order valence-electron chi connectivity index (χ2n) is 5.12. The molecule has 1 atom stereocenters. The molecule has 0 aliphatic rings. The third-order valence-corrected chi connectivity index (χ3v) is 3.20. The van der Waals surface area contributed by atoms with Crippen molar-refractivity contribution in [2.75, 3.05) is 26.3 Å². The Morgan fingerprint density at radius 2 is 1.83 bits per heavy atom. The molecular weight excluding hydrogens is 308 g/mol. The Balaban J connectivity index is 1.60. The fourth-order valence-corrected chi connectivity index (χ4v) is 1.98. The van der Waals surface area contributed by atoms with E-state index in [0.717, 1.165) is 0 Å². The number of nitrogens with one attached hydrogen (secondary N) is 1. The fourth-order valence-electron chi connectivity index (χ4n) is 1.98. The Bertz CT molecular complexity index is 667. The van der Waals surface area contributed by atoms with Gasteiger partial charge in [0.25, 0.3) is 0 Å². The topological polar surface area (TPSA) is 94.7 Å². The lowest BCUT2D eigenvalue weighted by atomic mass is 10.2. The van der Waals surface area contributed by atoms with E-state index in [2.05, 4.69) is 5.32 Å². The number of ether oxygens (including phenoxy) is 2. The fraction of sp³-hybridized carbons (Fsp3) is 0.278. The largest absolute Gasteiger partial charge is 0.508 e. The number of aromatic hydroxyl groups is 1. The summed E-state index contributed by atoms with van der Waals surface area (Å²) in [5.74, 6) is 1.34. The zero-order valence-corrected chi connectivity index (χ0v) is 13.2. The van der Waals surface area contributed by atoms with Gasteiger partial charge in [0.15, 0.2) is 0 Å². The first-order valence-electron chi connectivity index (χ1n) is 7.61. The van der Waals surface area contributed by atoms with Crippen LogP contribution in [-0.2, 0) is 0 Å². The van der Waals surface area contributed by atoms with Crippen LogP contribution in [0.25, 0.3) is 0 Å². The summed E-state index contributed by atoms with van der Waals surface area (Å²) >= 11 is 0. The van der Waals surface area contributed by atoms with Gasteiger partial charge in [-0.1, -0.05) is 12.1 Å². The molecule has 2 aromatic carbocycles. The molecule has 0 bridgehead atoms. The van der Waals surface area contributed by atoms with Gasteiger partial charge in [-0.25, -0.2) is 0 Å². The van der Waals surface area contributed by atoms with Crippen molar-refractivity contribution in [2.24, 2.45) is 0 Å². The molecule has 0 unspecified atom stereocenters. The molecule has 0 spiro atoms. The molecule has 6 nitrogen and oxygen atoms in total. The Labute approximate surface area is 140 Å². The van der Waals surface area contributed by atoms with Gasteiger partial charge in [0.05, 0.1) is 5.56 Å². The zero-order valence-electron chi connectivity index (χ0n) is 13.2. The standard InChI is InChI=1S/C18H20N2O4/c19-11-14-3-1-2-4-18(14)24-13-16(22)12-20-9-10-23-17-7-5-15(21)6-8-17/h1-8,16,20-22H,9-10,12-13H2/t16-/m0/s1. The maximum atomic E-state index is 9.88. The SMILES string of the molecule is N#Cc1ccccc1OC[C@@H](O)CNCCOc1ccc(O)cc1. The number of hydrogen-bond acceptors (Lipinski definition) is 6. The van der Waals surface area contributed by atoms with Crippen LogP contribution in [0.3, 0.4) is 0 Å². The number of hydrogen-bond donors (Lipinski definition) is 3. The third-order valence-electron chi connectivity index (χ3n) is 3.20. The first kappa shape index (κ1) is 17.6. The van der Waals surface area contributed by atoms with Crippen molar-refractivity contribution in [3.63, 3.8) is 0 Å². The van der Waals surface area contributed by atoms with E-state index in [1.165, 1.54) is 0 Å². The molecule has 0 saturated heterocycles. The van der Waals surface area contributed by atoms with E-state index in [1.54, 1.807) is 48.5 Å². The van der Waals surface area contributed by atoms with Gasteiger partial charge in [-0.2, -0.15) is 5.26 Å². The molecular formula is C18H20N2O4. The number of aliphatic hydroxyl groups is 1. The Kier molecular flexibility index (Phi) is 6.90. The number of phenolic OH excluding ortho intramolecular Hbond substituents is 1. The van der Waals surface area contributed by atoms with E-state index >= 15 is 0 Å². The highest BCUT2D eigenvalue weighted by Crippen LogP contribution is 2.17. The van der Waals surface area contributed by atoms with Crippen LogP contribution >= 0.6 is 0 Å². The first-order valence-corrected chi connectivity index (χ1v) is 7.61. The summed E-state index contributed by atoms with van der Waals surface area (Å²) in [5, 5.41) is 31.1. The van der Waals surface area contributed by atoms with Gasteiger partial charge in [-0.15, -0.1) is 0 Å². The second kappa shape index (κ2) is 9.40. The molecule has 2 rings (SSSR count). The summed E-state index contributed by atoms with van der Waals surface area (Å²) < 4.78 is 10.9. The Hall–Kier alpha value is -2.75. The predicted octanol–water partition coefficient (Wildman–Crippen LogP) is 1.67. The van der Waals surface area contributed by atoms with Crippen LogP contribution in [0, 0.1) is 11.3 Å². The minimum absolute atomic E-state index is 0.102. The van der Waals surface area contributed by atoms with E-state index in [9.17, 15) is 5.11 Å². The molecule has 0 aliphatic heterocycles. The van der Waals surface area contributed by atoms with E-state index in [-0.39, 0.29) is 12.4 Å². The normalized spacial score (nSPS) is 11.5. The Morgan fingerprint density at radius 3 is 2.58 bits per heavy atom. The average Bonchev–Trinajstić information content (AvgIpc) is 2.61. The number of nitrogens with zero attached hydrogens (tertiary/aromatic N) is 1. The van der Waals surface area contributed by atoms with Crippen LogP contribution in [0.4, 0.5) is 0 Å². The number of benzene rings is 2. The summed E-state index contributed by atoms with van der Waals surface area (Å²) in [7, 11) is 0. The molecule has 0 radical (unpaired) electrons. The number of nitriles is 1. The van der Waals surface area contributed by atoms with E-state index in [1.807, 2.05) is 6.07 Å². The lowest BCUT2D eigenvalue weighted by Gasteiger charge is -2.14. The maximum Gasteiger partial charge on any atom is 0.137 e. The van der Waals surface area contributed by atoms with Gasteiger partial charge in [0, 0.05) is 13.1 Å². The average molecular weight is 328 g/mol. The molecule has 0 aromatic heterocycles. The van der Waals surface area contributed by atoms with E-state index < -0.39 is 6.10 Å². The lowest BCUT2D eigenvalue weighted by Crippen LogP contribution is -2.33. The minimum atomic E-state index is -0.689. The van der Waals surface area contributed by atoms with Crippen LogP contribution in [0.5, 0.6) is 17.2 Å². The highest BCUT2D eigenvalue weighted by Gasteiger charge is 2.07. The number of rotatable bonds is 9. The van der Waals surface area contributed by atoms with Gasteiger partial charge in [-0.05, 0) is 36.4 Å². The minimum Gasteiger partial charge on any atom is -0.508 e. The van der Waals surface area contributed by atoms with Crippen molar-refractivity contribution in [3.8, 4) is 23.3 Å². The van der Waals surface area contributed by atoms with Crippen molar-refractivity contribution in [1.82, 2.24) is 5.32 Å². The first-order chi connectivity index (χ1) is 11.7. The summed E-state index contributed by atoms with van der Waals surface area (Å²) in [4.78, 5) is 0. The molecule has 0 saturated carbocycles. The maximum absolute atomic E-state index is 9.88. The molecule has 3 N–H and O–H groups in total. The zero-order chi connectivity index (χ0) is 17.2. The second-order valence-corrected chi connectivity index (χ2v) is 5.12. The molecule has 6 heteroatoms. The van der Waals surface area contributed by atoms with E-state index in [0.29, 0.717) is 36.8 Å². The number of para-hydroxylation sites is 1. The molecule has 2 aromatic rings. The van der Waals surface area contributed by atoms with Crippen molar-refractivity contribution >= 4 is 0 Å². The van der Waals surface area contributed by atoms with Gasteiger partial charge >= 0.3 is 0 Å². The van der Waals surface area contributed by atoms with Crippen LogP contribution in [0.15, 0.2) is 48.5 Å². The predicted molar refractivity (Wildman–Crippen MR) is 89.1 cm³/mol. The molecule has 126 valence electrons. The van der Waals surface area contributed by atoms with Crippen molar-refractivity contribution in [2.45, 2.75) is 6.10 Å². The van der Waals surface area contributed by atoms with Crippen molar-refractivity contribution in [1.29, 1.82) is 5.26 Å². The highest BCUT2D eigenvalue weighted by atomic mass is 16.5. The molecule has 0 fully saturated rings. The van der Waals surface area contributed by atoms with E-state index in [4.69, 9.17) is 19.8 Å². The van der Waals surface area contributed by atoms with Crippen LogP contribution < -0.4 is 14.8 Å². The van der Waals surface area contributed by atoms with Crippen LogP contribution in [0.1, 0.15) is 5.56 Å². The summed E-state index contributed by atoms with van der Waals surface area (Å²) in [6, 6.07) is 15.4. The summed E-state index contributed by atoms with van der Waals surface area (Å²) in [6.45, 7) is 1.46.